The number of aryl methyl sites for hydroxylation is 1. The van der Waals surface area contributed by atoms with Gasteiger partial charge in [0.2, 0.25) is 5.91 Å². The first-order chi connectivity index (χ1) is 10.6. The number of thiophene rings is 1. The zero-order valence-corrected chi connectivity index (χ0v) is 14.3. The molecule has 0 radical (unpaired) electrons. The number of carbonyl (C=O) groups excluding carboxylic acids is 1. The number of nitrogens with one attached hydrogen (secondary N) is 1. The minimum absolute atomic E-state index is 0.0917. The molecule has 0 aliphatic carbocycles. The fraction of sp³-hybridized carbons (Fsp3) is 0.389. The van der Waals surface area contributed by atoms with E-state index >= 15 is 0 Å². The molecular formula is C18H24N2OS. The van der Waals surface area contributed by atoms with Gasteiger partial charge in [0.25, 0.3) is 0 Å². The molecule has 0 aliphatic rings. The minimum atomic E-state index is 0.0917. The third-order valence-corrected chi connectivity index (χ3v) is 4.94. The van der Waals surface area contributed by atoms with E-state index < -0.39 is 0 Å². The van der Waals surface area contributed by atoms with E-state index in [1.807, 2.05) is 32.3 Å². The maximum atomic E-state index is 12.2. The average Bonchev–Trinajstić information content (AvgIpc) is 2.99. The lowest BCUT2D eigenvalue weighted by molar-refractivity contribution is -0.122. The summed E-state index contributed by atoms with van der Waals surface area (Å²) < 4.78 is 0. The Morgan fingerprint density at radius 1 is 1.14 bits per heavy atom. The zero-order chi connectivity index (χ0) is 15.9. The van der Waals surface area contributed by atoms with E-state index in [2.05, 4.69) is 41.4 Å². The fourth-order valence-corrected chi connectivity index (χ4v) is 3.31. The predicted octanol–water partition coefficient (Wildman–Crippen LogP) is 3.62. The Morgan fingerprint density at radius 2 is 1.82 bits per heavy atom. The highest BCUT2D eigenvalue weighted by atomic mass is 32.1. The van der Waals surface area contributed by atoms with Crippen LogP contribution in [0.2, 0.25) is 0 Å². The molecule has 22 heavy (non-hydrogen) atoms. The Hall–Kier alpha value is -1.65. The van der Waals surface area contributed by atoms with Gasteiger partial charge in [0, 0.05) is 22.2 Å². The van der Waals surface area contributed by atoms with E-state index in [1.165, 1.54) is 15.3 Å². The fourth-order valence-electron chi connectivity index (χ4n) is 2.41. The summed E-state index contributed by atoms with van der Waals surface area (Å²) >= 11 is 1.77. The number of hydrogen-bond acceptors (Lipinski definition) is 3. The summed E-state index contributed by atoms with van der Waals surface area (Å²) in [6.45, 7) is 2.77. The molecule has 1 heterocycles. The normalized spacial score (nSPS) is 12.4. The van der Waals surface area contributed by atoms with Gasteiger partial charge in [0.05, 0.1) is 6.54 Å². The van der Waals surface area contributed by atoms with Crippen LogP contribution in [0.1, 0.15) is 34.7 Å². The van der Waals surface area contributed by atoms with Crippen molar-refractivity contribution in [3.8, 4) is 0 Å². The van der Waals surface area contributed by atoms with Gasteiger partial charge in [-0.05, 0) is 38.2 Å². The first-order valence-corrected chi connectivity index (χ1v) is 8.47. The smallest absolute Gasteiger partial charge is 0.222 e. The van der Waals surface area contributed by atoms with Crippen molar-refractivity contribution in [3.63, 3.8) is 0 Å². The Kier molecular flexibility index (Phi) is 6.16. The third-order valence-electron chi connectivity index (χ3n) is 3.71. The highest BCUT2D eigenvalue weighted by Crippen LogP contribution is 2.22. The molecule has 0 saturated heterocycles. The first-order valence-electron chi connectivity index (χ1n) is 7.65. The van der Waals surface area contributed by atoms with Crippen LogP contribution in [0.15, 0.2) is 42.5 Å². The molecule has 1 aromatic heterocycles. The number of hydrogen-bond donors (Lipinski definition) is 1. The van der Waals surface area contributed by atoms with Crippen molar-refractivity contribution in [2.75, 3.05) is 14.1 Å². The van der Waals surface area contributed by atoms with Gasteiger partial charge in [-0.1, -0.05) is 37.3 Å². The summed E-state index contributed by atoms with van der Waals surface area (Å²) in [4.78, 5) is 16.9. The van der Waals surface area contributed by atoms with Crippen LogP contribution in [0.4, 0.5) is 0 Å². The summed E-state index contributed by atoms with van der Waals surface area (Å²) in [6.07, 6.45) is 1.53. The van der Waals surface area contributed by atoms with Gasteiger partial charge in [0.15, 0.2) is 0 Å². The van der Waals surface area contributed by atoms with E-state index in [1.54, 1.807) is 11.3 Å². The molecular weight excluding hydrogens is 292 g/mol. The van der Waals surface area contributed by atoms with Crippen molar-refractivity contribution in [1.82, 2.24) is 10.2 Å². The summed E-state index contributed by atoms with van der Waals surface area (Å²) in [5.41, 5.74) is 1.17. The number of nitrogens with zero attached hydrogens (tertiary/aromatic N) is 1. The number of benzene rings is 1. The average molecular weight is 316 g/mol. The molecule has 118 valence electrons. The highest BCUT2D eigenvalue weighted by molar-refractivity contribution is 7.11. The topological polar surface area (TPSA) is 32.3 Å². The van der Waals surface area contributed by atoms with Crippen LogP contribution in [0, 0.1) is 0 Å². The van der Waals surface area contributed by atoms with Gasteiger partial charge in [-0.25, -0.2) is 0 Å². The Morgan fingerprint density at radius 3 is 2.41 bits per heavy atom. The van der Waals surface area contributed by atoms with E-state index in [4.69, 9.17) is 0 Å². The summed E-state index contributed by atoms with van der Waals surface area (Å²) in [5, 5.41) is 3.04. The lowest BCUT2D eigenvalue weighted by Crippen LogP contribution is -2.29. The molecule has 2 aromatic rings. The van der Waals surface area contributed by atoms with Gasteiger partial charge in [-0.2, -0.15) is 0 Å². The molecule has 4 heteroatoms. The third kappa shape index (κ3) is 4.68. The molecule has 1 N–H and O–H groups in total. The van der Waals surface area contributed by atoms with Crippen LogP contribution >= 0.6 is 11.3 Å². The van der Waals surface area contributed by atoms with Crippen molar-refractivity contribution in [2.24, 2.45) is 0 Å². The molecule has 0 aliphatic heterocycles. The van der Waals surface area contributed by atoms with Gasteiger partial charge < -0.3 is 10.2 Å². The van der Waals surface area contributed by atoms with Gasteiger partial charge in [-0.3, -0.25) is 4.79 Å². The molecule has 0 bridgehead atoms. The zero-order valence-electron chi connectivity index (χ0n) is 13.5. The van der Waals surface area contributed by atoms with E-state index in [9.17, 15) is 4.79 Å². The van der Waals surface area contributed by atoms with Crippen LogP contribution < -0.4 is 5.32 Å². The van der Waals surface area contributed by atoms with Crippen molar-refractivity contribution >= 4 is 17.2 Å². The molecule has 0 spiro atoms. The van der Waals surface area contributed by atoms with Crippen LogP contribution in [0.3, 0.4) is 0 Å². The number of rotatable bonds is 7. The Labute approximate surface area is 137 Å². The molecule has 1 aromatic carbocycles. The van der Waals surface area contributed by atoms with Crippen LogP contribution in [0.5, 0.6) is 0 Å². The molecule has 1 atom stereocenters. The minimum Gasteiger partial charge on any atom is -0.351 e. The SMILES string of the molecule is CCc1ccc(CNC(=O)C[C@@H](c2ccccc2)N(C)C)s1. The van der Waals surface area contributed by atoms with Crippen LogP contribution in [-0.2, 0) is 17.8 Å². The van der Waals surface area contributed by atoms with E-state index in [0.29, 0.717) is 13.0 Å². The molecule has 0 fully saturated rings. The maximum Gasteiger partial charge on any atom is 0.222 e. The Balaban J connectivity index is 1.91. The van der Waals surface area contributed by atoms with Crippen molar-refractivity contribution in [2.45, 2.75) is 32.4 Å². The number of amides is 1. The Bertz CT molecular complexity index is 592. The second kappa shape index (κ2) is 8.11. The van der Waals surface area contributed by atoms with Crippen molar-refractivity contribution in [3.05, 3.63) is 57.8 Å². The van der Waals surface area contributed by atoms with E-state index in [0.717, 1.165) is 6.42 Å². The van der Waals surface area contributed by atoms with Gasteiger partial charge >= 0.3 is 0 Å². The standard InChI is InChI=1S/C18H24N2OS/c1-4-15-10-11-16(22-15)13-19-18(21)12-17(20(2)3)14-8-6-5-7-9-14/h5-11,17H,4,12-13H2,1-3H3,(H,19,21)/t17-/m0/s1. The molecule has 3 nitrogen and oxygen atoms in total. The van der Waals surface area contributed by atoms with Gasteiger partial charge in [-0.15, -0.1) is 11.3 Å². The predicted molar refractivity (Wildman–Crippen MR) is 93.0 cm³/mol. The van der Waals surface area contributed by atoms with Crippen molar-refractivity contribution < 1.29 is 4.79 Å². The number of carbonyl (C=O) groups is 1. The summed E-state index contributed by atoms with van der Waals surface area (Å²) in [6, 6.07) is 14.5. The van der Waals surface area contributed by atoms with Gasteiger partial charge in [0.1, 0.15) is 0 Å². The van der Waals surface area contributed by atoms with E-state index in [-0.39, 0.29) is 11.9 Å². The van der Waals surface area contributed by atoms with Crippen LogP contribution in [-0.4, -0.2) is 24.9 Å². The molecule has 1 amide bonds. The lowest BCUT2D eigenvalue weighted by atomic mass is 10.0. The monoisotopic (exact) mass is 316 g/mol. The quantitative estimate of drug-likeness (QED) is 0.846. The largest absolute Gasteiger partial charge is 0.351 e. The summed E-state index contributed by atoms with van der Waals surface area (Å²) in [5.74, 6) is 0.0917. The second-order valence-corrected chi connectivity index (χ2v) is 6.85. The first kappa shape index (κ1) is 16.7. The van der Waals surface area contributed by atoms with Crippen LogP contribution in [0.25, 0.3) is 0 Å². The molecule has 0 saturated carbocycles. The van der Waals surface area contributed by atoms with Crippen molar-refractivity contribution in [1.29, 1.82) is 0 Å². The lowest BCUT2D eigenvalue weighted by Gasteiger charge is -2.24. The maximum absolute atomic E-state index is 12.2. The molecule has 0 unspecified atom stereocenters. The molecule has 2 rings (SSSR count). The summed E-state index contributed by atoms with van der Waals surface area (Å²) in [7, 11) is 4.02. The highest BCUT2D eigenvalue weighted by Gasteiger charge is 2.17. The second-order valence-electron chi connectivity index (χ2n) is 5.59.